The van der Waals surface area contributed by atoms with Gasteiger partial charge in [-0.3, -0.25) is 4.90 Å². The van der Waals surface area contributed by atoms with Crippen molar-refractivity contribution in [2.45, 2.75) is 52.0 Å². The number of rotatable bonds is 10. The molecule has 1 heteroatoms. The van der Waals surface area contributed by atoms with Crippen LogP contribution in [0.4, 0.5) is 0 Å². The Bertz CT molecular complexity index is 155. The Morgan fingerprint density at radius 1 is 1.07 bits per heavy atom. The molecule has 15 heavy (non-hydrogen) atoms. The molecule has 1 unspecified atom stereocenters. The maximum Gasteiger partial charge on any atom is 0.0309 e. The molecule has 1 nitrogen and oxygen atoms in total. The summed E-state index contributed by atoms with van der Waals surface area (Å²) in [7, 11) is 0. The lowest BCUT2D eigenvalue weighted by Crippen LogP contribution is -2.35. The molecule has 0 amide bonds. The topological polar surface area (TPSA) is 3.24 Å². The molecule has 0 aliphatic rings. The second-order valence-corrected chi connectivity index (χ2v) is 4.07. The monoisotopic (exact) mass is 209 g/mol. The number of hydrogen-bond donors (Lipinski definition) is 0. The molecule has 0 aromatic rings. The Hall–Kier alpha value is -0.560. The summed E-state index contributed by atoms with van der Waals surface area (Å²) in [6.45, 7) is 14.6. The first kappa shape index (κ1) is 14.4. The van der Waals surface area contributed by atoms with E-state index in [-0.39, 0.29) is 0 Å². The SMILES string of the molecule is C=CCC(C=C)N(CCCC)CCCC. The van der Waals surface area contributed by atoms with Crippen molar-refractivity contribution in [2.24, 2.45) is 0 Å². The minimum Gasteiger partial charge on any atom is -0.297 e. The fraction of sp³-hybridized carbons (Fsp3) is 0.714. The van der Waals surface area contributed by atoms with Gasteiger partial charge in [0.05, 0.1) is 0 Å². The average Bonchev–Trinajstić information content (AvgIpc) is 2.27. The molecule has 1 atom stereocenters. The molecule has 0 saturated heterocycles. The molecule has 88 valence electrons. The van der Waals surface area contributed by atoms with Crippen molar-refractivity contribution in [3.05, 3.63) is 25.3 Å². The summed E-state index contributed by atoms with van der Waals surface area (Å²) in [4.78, 5) is 2.54. The van der Waals surface area contributed by atoms with Gasteiger partial charge < -0.3 is 0 Å². The van der Waals surface area contributed by atoms with Crippen LogP contribution in [0.3, 0.4) is 0 Å². The lowest BCUT2D eigenvalue weighted by molar-refractivity contribution is 0.223. The predicted octanol–water partition coefficient (Wildman–Crippen LogP) is 4.02. The van der Waals surface area contributed by atoms with Crippen LogP contribution in [0, 0.1) is 0 Å². The van der Waals surface area contributed by atoms with Crippen molar-refractivity contribution in [2.75, 3.05) is 13.1 Å². The van der Waals surface area contributed by atoms with E-state index in [2.05, 4.69) is 38.0 Å². The van der Waals surface area contributed by atoms with Crippen molar-refractivity contribution in [3.8, 4) is 0 Å². The van der Waals surface area contributed by atoms with E-state index in [4.69, 9.17) is 0 Å². The molecule has 0 saturated carbocycles. The van der Waals surface area contributed by atoms with Gasteiger partial charge >= 0.3 is 0 Å². The standard InChI is InChI=1S/C14H27N/c1-5-9-12-15(13-10-6-2)14(8-4)11-7-3/h7-8,14H,3-6,9-13H2,1-2H3. The van der Waals surface area contributed by atoms with Gasteiger partial charge in [-0.25, -0.2) is 0 Å². The maximum atomic E-state index is 3.93. The minimum atomic E-state index is 0.487. The highest BCUT2D eigenvalue weighted by Gasteiger charge is 2.12. The summed E-state index contributed by atoms with van der Waals surface area (Å²) in [5, 5.41) is 0. The summed E-state index contributed by atoms with van der Waals surface area (Å²) in [5.74, 6) is 0. The number of nitrogens with zero attached hydrogens (tertiary/aromatic N) is 1. The van der Waals surface area contributed by atoms with E-state index in [0.717, 1.165) is 6.42 Å². The summed E-state index contributed by atoms with van der Waals surface area (Å²) < 4.78 is 0. The number of unbranched alkanes of at least 4 members (excludes halogenated alkanes) is 2. The summed E-state index contributed by atoms with van der Waals surface area (Å²) in [6.07, 6.45) is 10.2. The van der Waals surface area contributed by atoms with E-state index >= 15 is 0 Å². The van der Waals surface area contributed by atoms with Crippen molar-refractivity contribution in [3.63, 3.8) is 0 Å². The zero-order valence-electron chi connectivity index (χ0n) is 10.5. The summed E-state index contributed by atoms with van der Waals surface area (Å²) >= 11 is 0. The minimum absolute atomic E-state index is 0.487. The first-order valence-corrected chi connectivity index (χ1v) is 6.27. The van der Waals surface area contributed by atoms with E-state index in [0.29, 0.717) is 6.04 Å². The summed E-state index contributed by atoms with van der Waals surface area (Å²) in [5.41, 5.74) is 0. The molecule has 0 N–H and O–H groups in total. The Morgan fingerprint density at radius 2 is 1.60 bits per heavy atom. The lowest BCUT2D eigenvalue weighted by atomic mass is 10.1. The molecule has 0 aliphatic heterocycles. The van der Waals surface area contributed by atoms with E-state index in [1.807, 2.05) is 6.08 Å². The first-order chi connectivity index (χ1) is 7.29. The van der Waals surface area contributed by atoms with Gasteiger partial charge in [-0.1, -0.05) is 38.8 Å². The van der Waals surface area contributed by atoms with Crippen molar-refractivity contribution in [1.29, 1.82) is 0 Å². The smallest absolute Gasteiger partial charge is 0.0309 e. The molecule has 0 heterocycles. The van der Waals surface area contributed by atoms with Gasteiger partial charge in [0.2, 0.25) is 0 Å². The molecule has 0 rings (SSSR count). The number of hydrogen-bond acceptors (Lipinski definition) is 1. The second kappa shape index (κ2) is 9.97. The Morgan fingerprint density at radius 3 is 1.93 bits per heavy atom. The van der Waals surface area contributed by atoms with Gasteiger partial charge in [0.15, 0.2) is 0 Å². The van der Waals surface area contributed by atoms with Crippen molar-refractivity contribution in [1.82, 2.24) is 4.90 Å². The van der Waals surface area contributed by atoms with Crippen LogP contribution in [0.5, 0.6) is 0 Å². The third-order valence-electron chi connectivity index (χ3n) is 2.75. The Labute approximate surface area is 95.9 Å². The van der Waals surface area contributed by atoms with Crippen molar-refractivity contribution >= 4 is 0 Å². The highest BCUT2D eigenvalue weighted by Crippen LogP contribution is 2.09. The normalized spacial score (nSPS) is 12.7. The molecular formula is C14H27N. The summed E-state index contributed by atoms with van der Waals surface area (Å²) in [6, 6.07) is 0.487. The quantitative estimate of drug-likeness (QED) is 0.491. The third kappa shape index (κ3) is 6.51. The van der Waals surface area contributed by atoms with E-state index < -0.39 is 0 Å². The molecule has 0 bridgehead atoms. The molecule has 0 aromatic heterocycles. The predicted molar refractivity (Wildman–Crippen MR) is 70.2 cm³/mol. The molecule has 0 radical (unpaired) electrons. The molecule has 0 spiro atoms. The van der Waals surface area contributed by atoms with Gasteiger partial charge in [0, 0.05) is 6.04 Å². The van der Waals surface area contributed by atoms with Gasteiger partial charge in [0.1, 0.15) is 0 Å². The lowest BCUT2D eigenvalue weighted by Gasteiger charge is -2.28. The van der Waals surface area contributed by atoms with Crippen LogP contribution in [0.25, 0.3) is 0 Å². The first-order valence-electron chi connectivity index (χ1n) is 6.27. The van der Waals surface area contributed by atoms with Gasteiger partial charge in [-0.2, -0.15) is 0 Å². The average molecular weight is 209 g/mol. The van der Waals surface area contributed by atoms with Crippen LogP contribution >= 0.6 is 0 Å². The molecular weight excluding hydrogens is 182 g/mol. The van der Waals surface area contributed by atoms with Crippen LogP contribution in [0.2, 0.25) is 0 Å². The van der Waals surface area contributed by atoms with E-state index in [9.17, 15) is 0 Å². The molecule has 0 aliphatic carbocycles. The zero-order valence-corrected chi connectivity index (χ0v) is 10.5. The Balaban J connectivity index is 4.14. The van der Waals surface area contributed by atoms with Crippen LogP contribution in [-0.2, 0) is 0 Å². The fourth-order valence-corrected chi connectivity index (χ4v) is 1.73. The van der Waals surface area contributed by atoms with Gasteiger partial charge in [-0.15, -0.1) is 13.2 Å². The van der Waals surface area contributed by atoms with E-state index in [1.54, 1.807) is 0 Å². The zero-order chi connectivity index (χ0) is 11.5. The van der Waals surface area contributed by atoms with Gasteiger partial charge in [-0.05, 0) is 32.4 Å². The van der Waals surface area contributed by atoms with Crippen molar-refractivity contribution < 1.29 is 0 Å². The molecule has 0 aromatic carbocycles. The van der Waals surface area contributed by atoms with Crippen LogP contribution in [-0.4, -0.2) is 24.0 Å². The molecule has 0 fully saturated rings. The second-order valence-electron chi connectivity index (χ2n) is 4.07. The third-order valence-corrected chi connectivity index (χ3v) is 2.75. The van der Waals surface area contributed by atoms with Crippen LogP contribution in [0.1, 0.15) is 46.0 Å². The van der Waals surface area contributed by atoms with Gasteiger partial charge in [0.25, 0.3) is 0 Å². The highest BCUT2D eigenvalue weighted by molar-refractivity contribution is 4.92. The maximum absolute atomic E-state index is 3.93. The van der Waals surface area contributed by atoms with E-state index in [1.165, 1.54) is 38.8 Å². The van der Waals surface area contributed by atoms with Crippen LogP contribution in [0.15, 0.2) is 25.3 Å². The Kier molecular flexibility index (Phi) is 9.60. The highest BCUT2D eigenvalue weighted by atomic mass is 15.1. The van der Waals surface area contributed by atoms with Crippen LogP contribution < -0.4 is 0 Å². The fourth-order valence-electron chi connectivity index (χ4n) is 1.73. The largest absolute Gasteiger partial charge is 0.297 e.